The van der Waals surface area contributed by atoms with Gasteiger partial charge >= 0.3 is 6.09 Å². The average molecular weight is 265 g/mol. The summed E-state index contributed by atoms with van der Waals surface area (Å²) in [6.45, 7) is 0. The SMILES string of the molecule is O=C(O)N1C2CCC1C(O)C(c1ccc(F)cc1)C2. The zero-order chi connectivity index (χ0) is 13.6. The minimum absolute atomic E-state index is 0.0269. The summed E-state index contributed by atoms with van der Waals surface area (Å²) in [5.74, 6) is -0.405. The molecular weight excluding hydrogens is 249 g/mol. The van der Waals surface area contributed by atoms with Crippen LogP contribution in [0.15, 0.2) is 24.3 Å². The molecule has 5 heteroatoms. The monoisotopic (exact) mass is 265 g/mol. The van der Waals surface area contributed by atoms with Gasteiger partial charge in [0.25, 0.3) is 0 Å². The molecule has 102 valence electrons. The predicted octanol–water partition coefficient (Wildman–Crippen LogP) is 2.18. The highest BCUT2D eigenvalue weighted by atomic mass is 19.1. The predicted molar refractivity (Wildman–Crippen MR) is 66.4 cm³/mol. The van der Waals surface area contributed by atoms with Crippen molar-refractivity contribution in [1.82, 2.24) is 4.90 Å². The number of amides is 1. The van der Waals surface area contributed by atoms with E-state index in [1.165, 1.54) is 17.0 Å². The lowest BCUT2D eigenvalue weighted by molar-refractivity contribution is 0.00435. The largest absolute Gasteiger partial charge is 0.465 e. The molecule has 2 fully saturated rings. The van der Waals surface area contributed by atoms with Crippen molar-refractivity contribution in [3.8, 4) is 0 Å². The second kappa shape index (κ2) is 4.49. The zero-order valence-corrected chi connectivity index (χ0v) is 10.4. The maximum atomic E-state index is 12.9. The number of carbonyl (C=O) groups is 1. The number of hydrogen-bond acceptors (Lipinski definition) is 2. The van der Waals surface area contributed by atoms with Gasteiger partial charge in [-0.05, 0) is 37.0 Å². The minimum Gasteiger partial charge on any atom is -0.465 e. The summed E-state index contributed by atoms with van der Waals surface area (Å²) in [4.78, 5) is 12.6. The van der Waals surface area contributed by atoms with Crippen molar-refractivity contribution in [2.45, 2.75) is 43.4 Å². The van der Waals surface area contributed by atoms with Crippen molar-refractivity contribution in [3.05, 3.63) is 35.6 Å². The van der Waals surface area contributed by atoms with Crippen LogP contribution in [-0.2, 0) is 0 Å². The zero-order valence-electron chi connectivity index (χ0n) is 10.4. The smallest absolute Gasteiger partial charge is 0.407 e. The van der Waals surface area contributed by atoms with Gasteiger partial charge in [-0.1, -0.05) is 12.1 Å². The molecule has 2 heterocycles. The highest BCUT2D eigenvalue weighted by molar-refractivity contribution is 5.67. The fourth-order valence-corrected chi connectivity index (χ4v) is 3.52. The van der Waals surface area contributed by atoms with Crippen LogP contribution in [0, 0.1) is 5.82 Å². The van der Waals surface area contributed by atoms with E-state index in [-0.39, 0.29) is 23.8 Å². The van der Waals surface area contributed by atoms with Gasteiger partial charge in [-0.3, -0.25) is 4.90 Å². The molecular formula is C14H16FNO3. The van der Waals surface area contributed by atoms with E-state index in [1.807, 2.05) is 0 Å². The van der Waals surface area contributed by atoms with Crippen LogP contribution < -0.4 is 0 Å². The first kappa shape index (κ1) is 12.4. The van der Waals surface area contributed by atoms with Crippen LogP contribution in [0.5, 0.6) is 0 Å². The second-order valence-corrected chi connectivity index (χ2v) is 5.37. The first-order valence-electron chi connectivity index (χ1n) is 6.52. The fourth-order valence-electron chi connectivity index (χ4n) is 3.52. The maximum Gasteiger partial charge on any atom is 0.407 e. The molecule has 2 aliphatic rings. The summed E-state index contributed by atoms with van der Waals surface area (Å²) in [5, 5.41) is 19.6. The quantitative estimate of drug-likeness (QED) is 0.818. The van der Waals surface area contributed by atoms with E-state index in [2.05, 4.69) is 0 Å². The van der Waals surface area contributed by atoms with Gasteiger partial charge in [0.2, 0.25) is 0 Å². The van der Waals surface area contributed by atoms with Gasteiger partial charge in [0.05, 0.1) is 12.1 Å². The molecule has 0 aliphatic carbocycles. The molecule has 4 unspecified atom stereocenters. The van der Waals surface area contributed by atoms with E-state index < -0.39 is 12.2 Å². The Balaban J connectivity index is 1.87. The Morgan fingerprint density at radius 3 is 2.58 bits per heavy atom. The molecule has 4 atom stereocenters. The highest BCUT2D eigenvalue weighted by Gasteiger charge is 2.49. The van der Waals surface area contributed by atoms with Crippen molar-refractivity contribution >= 4 is 6.09 Å². The third kappa shape index (κ3) is 1.98. The highest BCUT2D eigenvalue weighted by Crippen LogP contribution is 2.43. The summed E-state index contributed by atoms with van der Waals surface area (Å²) >= 11 is 0. The first-order valence-corrected chi connectivity index (χ1v) is 6.52. The normalized spacial score (nSPS) is 33.5. The van der Waals surface area contributed by atoms with Gasteiger partial charge in [0.15, 0.2) is 0 Å². The topological polar surface area (TPSA) is 60.8 Å². The molecule has 19 heavy (non-hydrogen) atoms. The second-order valence-electron chi connectivity index (χ2n) is 5.37. The van der Waals surface area contributed by atoms with E-state index in [0.717, 1.165) is 12.0 Å². The van der Waals surface area contributed by atoms with Crippen LogP contribution in [0.4, 0.5) is 9.18 Å². The molecule has 0 aromatic heterocycles. The molecule has 0 spiro atoms. The summed E-state index contributed by atoms with van der Waals surface area (Å²) < 4.78 is 12.9. The number of carboxylic acid groups (broad SMARTS) is 1. The Kier molecular flexibility index (Phi) is 2.93. The number of piperidine rings is 1. The van der Waals surface area contributed by atoms with E-state index in [1.54, 1.807) is 12.1 Å². The Hall–Kier alpha value is -1.62. The van der Waals surface area contributed by atoms with Crippen LogP contribution in [0.25, 0.3) is 0 Å². The molecule has 0 saturated carbocycles. The number of nitrogens with zero attached hydrogens (tertiary/aromatic N) is 1. The number of aliphatic hydroxyl groups is 1. The summed E-state index contributed by atoms with van der Waals surface area (Å²) in [6.07, 6.45) is 0.446. The molecule has 2 bridgehead atoms. The van der Waals surface area contributed by atoms with Crippen molar-refractivity contribution in [2.24, 2.45) is 0 Å². The van der Waals surface area contributed by atoms with Crippen molar-refractivity contribution in [3.63, 3.8) is 0 Å². The fraction of sp³-hybridized carbons (Fsp3) is 0.500. The molecule has 0 radical (unpaired) electrons. The van der Waals surface area contributed by atoms with Gasteiger partial charge < -0.3 is 10.2 Å². The van der Waals surface area contributed by atoms with Gasteiger partial charge in [-0.25, -0.2) is 9.18 Å². The minimum atomic E-state index is -0.955. The standard InChI is InChI=1S/C14H16FNO3/c15-9-3-1-8(2-4-9)11-7-10-5-6-12(13(11)17)16(10)14(18)19/h1-4,10-13,17H,5-7H2,(H,18,19). The van der Waals surface area contributed by atoms with Crippen LogP contribution in [0.2, 0.25) is 0 Å². The molecule has 2 saturated heterocycles. The van der Waals surface area contributed by atoms with Gasteiger partial charge in [-0.15, -0.1) is 0 Å². The average Bonchev–Trinajstić information content (AvgIpc) is 2.73. The molecule has 3 rings (SSSR count). The Labute approximate surface area is 110 Å². The van der Waals surface area contributed by atoms with Gasteiger partial charge in [-0.2, -0.15) is 0 Å². The third-order valence-electron chi connectivity index (χ3n) is 4.40. The molecule has 2 aliphatic heterocycles. The van der Waals surface area contributed by atoms with E-state index >= 15 is 0 Å². The number of halogens is 1. The lowest BCUT2D eigenvalue weighted by Crippen LogP contribution is -2.53. The first-order chi connectivity index (χ1) is 9.08. The molecule has 1 aromatic carbocycles. The van der Waals surface area contributed by atoms with Gasteiger partial charge in [0.1, 0.15) is 5.82 Å². The van der Waals surface area contributed by atoms with E-state index in [0.29, 0.717) is 12.8 Å². The molecule has 4 nitrogen and oxygen atoms in total. The lowest BCUT2D eigenvalue weighted by atomic mass is 9.83. The van der Waals surface area contributed by atoms with E-state index in [9.17, 15) is 19.4 Å². The molecule has 1 aromatic rings. The van der Waals surface area contributed by atoms with Crippen molar-refractivity contribution in [1.29, 1.82) is 0 Å². The Bertz CT molecular complexity index is 490. The summed E-state index contributed by atoms with van der Waals surface area (Å²) in [7, 11) is 0. The van der Waals surface area contributed by atoms with Crippen LogP contribution >= 0.6 is 0 Å². The Morgan fingerprint density at radius 1 is 1.26 bits per heavy atom. The van der Waals surface area contributed by atoms with Crippen LogP contribution in [-0.4, -0.2) is 39.4 Å². The number of rotatable bonds is 1. The molecule has 2 N–H and O–H groups in total. The van der Waals surface area contributed by atoms with Crippen molar-refractivity contribution in [2.75, 3.05) is 0 Å². The van der Waals surface area contributed by atoms with Gasteiger partial charge in [0, 0.05) is 12.0 Å². The Morgan fingerprint density at radius 2 is 1.95 bits per heavy atom. The van der Waals surface area contributed by atoms with Crippen molar-refractivity contribution < 1.29 is 19.4 Å². The van der Waals surface area contributed by atoms with Crippen LogP contribution in [0.3, 0.4) is 0 Å². The maximum absolute atomic E-state index is 12.9. The number of aliphatic hydroxyl groups excluding tert-OH is 1. The number of benzene rings is 1. The van der Waals surface area contributed by atoms with Crippen LogP contribution in [0.1, 0.15) is 30.7 Å². The third-order valence-corrected chi connectivity index (χ3v) is 4.40. The van der Waals surface area contributed by atoms with E-state index in [4.69, 9.17) is 0 Å². The summed E-state index contributed by atoms with van der Waals surface area (Å²) in [6, 6.07) is 5.77. The molecule has 1 amide bonds. The summed E-state index contributed by atoms with van der Waals surface area (Å²) in [5.41, 5.74) is 0.885. The number of fused-ring (bicyclic) bond motifs is 2. The lowest BCUT2D eigenvalue weighted by Gasteiger charge is -2.41. The number of hydrogen-bond donors (Lipinski definition) is 2.